The number of unbranched alkanes of at least 4 members (excludes halogenated alkanes) is 2. The predicted octanol–water partition coefficient (Wildman–Crippen LogP) is 4.88. The lowest BCUT2D eigenvalue weighted by molar-refractivity contribution is -0.135. The highest BCUT2D eigenvalue weighted by molar-refractivity contribution is 6.00. The quantitative estimate of drug-likeness (QED) is 0.0658. The molecule has 0 aromatic heterocycles. The standard InChI is InChI=1S/C43H62N4O7/c1-5-6-9-30-11-13-31(14-12-30)32-15-17-33(18-16-32)37(49)26-35(21-23-45)43(54)47-40(29(4)48)39(51)25-28(3)42(53)46-36(10-7-8-22-44)38(50)24-27(2)41(52)34-19-20-34/h11-18,27-29,34-36,40,48H,5-10,19-26,44-45H2,1-4H3,(H,46,53)(H,47,54)/t27-,28-,29-,35-,36+,40+/m1/s1. The highest BCUT2D eigenvalue weighted by Gasteiger charge is 2.36. The molecule has 7 N–H and O–H groups in total. The van der Waals surface area contributed by atoms with E-state index >= 15 is 0 Å². The maximum absolute atomic E-state index is 13.5. The van der Waals surface area contributed by atoms with E-state index in [0.29, 0.717) is 31.4 Å². The molecule has 0 spiro atoms. The first-order valence-corrected chi connectivity index (χ1v) is 19.8. The van der Waals surface area contributed by atoms with E-state index in [-0.39, 0.29) is 55.5 Å². The smallest absolute Gasteiger partial charge is 0.224 e. The Hall–Kier alpha value is -4.06. The van der Waals surface area contributed by atoms with Crippen molar-refractivity contribution in [2.45, 2.75) is 123 Å². The van der Waals surface area contributed by atoms with Crippen molar-refractivity contribution in [2.75, 3.05) is 13.1 Å². The summed E-state index contributed by atoms with van der Waals surface area (Å²) in [5.41, 5.74) is 15.2. The largest absolute Gasteiger partial charge is 0.391 e. The van der Waals surface area contributed by atoms with E-state index in [0.717, 1.165) is 43.2 Å². The van der Waals surface area contributed by atoms with Crippen molar-refractivity contribution >= 4 is 34.9 Å². The van der Waals surface area contributed by atoms with Gasteiger partial charge in [0.1, 0.15) is 11.8 Å². The summed E-state index contributed by atoms with van der Waals surface area (Å²) in [6.45, 7) is 7.38. The minimum Gasteiger partial charge on any atom is -0.391 e. The fourth-order valence-electron chi connectivity index (χ4n) is 6.66. The molecule has 11 heteroatoms. The molecule has 2 amide bonds. The molecule has 2 aromatic carbocycles. The van der Waals surface area contributed by atoms with Crippen molar-refractivity contribution in [2.24, 2.45) is 35.1 Å². The Morgan fingerprint density at radius 1 is 0.722 bits per heavy atom. The molecule has 2 aromatic rings. The number of aliphatic hydroxyl groups excluding tert-OH is 1. The molecule has 0 saturated heterocycles. The molecule has 1 aliphatic carbocycles. The molecule has 1 aliphatic rings. The van der Waals surface area contributed by atoms with Gasteiger partial charge in [0.25, 0.3) is 0 Å². The van der Waals surface area contributed by atoms with E-state index < -0.39 is 53.5 Å². The zero-order valence-electron chi connectivity index (χ0n) is 32.6. The van der Waals surface area contributed by atoms with Gasteiger partial charge < -0.3 is 27.2 Å². The van der Waals surface area contributed by atoms with Gasteiger partial charge in [-0.3, -0.25) is 28.8 Å². The maximum atomic E-state index is 13.5. The summed E-state index contributed by atoms with van der Waals surface area (Å²) in [5, 5.41) is 15.9. The Morgan fingerprint density at radius 3 is 1.89 bits per heavy atom. The van der Waals surface area contributed by atoms with Crippen LogP contribution in [0.4, 0.5) is 0 Å². The number of nitrogens with one attached hydrogen (secondary N) is 2. The number of carbonyl (C=O) groups excluding carboxylic acids is 6. The molecule has 0 aliphatic heterocycles. The predicted molar refractivity (Wildman–Crippen MR) is 210 cm³/mol. The third-order valence-corrected chi connectivity index (χ3v) is 10.3. The van der Waals surface area contributed by atoms with E-state index in [1.807, 2.05) is 12.1 Å². The highest BCUT2D eigenvalue weighted by atomic mass is 16.3. The number of amides is 2. The zero-order chi connectivity index (χ0) is 39.8. The number of ketones is 4. The Labute approximate surface area is 320 Å². The van der Waals surface area contributed by atoms with Gasteiger partial charge in [-0.25, -0.2) is 0 Å². The van der Waals surface area contributed by atoms with Crippen LogP contribution in [0.1, 0.15) is 114 Å². The van der Waals surface area contributed by atoms with Crippen LogP contribution in [0.3, 0.4) is 0 Å². The van der Waals surface area contributed by atoms with E-state index in [4.69, 9.17) is 11.5 Å². The van der Waals surface area contributed by atoms with Crippen LogP contribution in [-0.4, -0.2) is 71.3 Å². The maximum Gasteiger partial charge on any atom is 0.224 e. The van der Waals surface area contributed by atoms with Gasteiger partial charge in [0, 0.05) is 48.5 Å². The number of benzene rings is 2. The molecule has 0 bridgehead atoms. The number of carbonyl (C=O) groups is 6. The molecule has 11 nitrogen and oxygen atoms in total. The van der Waals surface area contributed by atoms with Gasteiger partial charge in [-0.15, -0.1) is 0 Å². The van der Waals surface area contributed by atoms with Gasteiger partial charge >= 0.3 is 0 Å². The van der Waals surface area contributed by atoms with Gasteiger partial charge in [0.05, 0.1) is 12.1 Å². The monoisotopic (exact) mass is 746 g/mol. The molecule has 296 valence electrons. The summed E-state index contributed by atoms with van der Waals surface area (Å²) in [5.74, 6) is -4.23. The number of aryl methyl sites for hydroxylation is 1. The molecule has 0 heterocycles. The Morgan fingerprint density at radius 2 is 1.33 bits per heavy atom. The van der Waals surface area contributed by atoms with E-state index in [1.54, 1.807) is 26.0 Å². The van der Waals surface area contributed by atoms with Crippen molar-refractivity contribution in [3.8, 4) is 11.1 Å². The lowest BCUT2D eigenvalue weighted by Gasteiger charge is -2.25. The number of aliphatic hydroxyl groups is 1. The van der Waals surface area contributed by atoms with Crippen molar-refractivity contribution in [1.82, 2.24) is 10.6 Å². The Bertz CT molecular complexity index is 1550. The van der Waals surface area contributed by atoms with Crippen LogP contribution < -0.4 is 22.1 Å². The highest BCUT2D eigenvalue weighted by Crippen LogP contribution is 2.33. The first kappa shape index (κ1) is 44.3. The number of rotatable bonds is 26. The summed E-state index contributed by atoms with van der Waals surface area (Å²) in [6.07, 6.45) is 5.12. The third kappa shape index (κ3) is 14.0. The fourth-order valence-corrected chi connectivity index (χ4v) is 6.66. The number of nitrogens with two attached hydrogens (primary N) is 2. The van der Waals surface area contributed by atoms with Crippen LogP contribution in [0, 0.1) is 23.7 Å². The molecule has 54 heavy (non-hydrogen) atoms. The molecule has 6 atom stereocenters. The van der Waals surface area contributed by atoms with Gasteiger partial charge in [-0.05, 0) is 88.1 Å². The third-order valence-electron chi connectivity index (χ3n) is 10.3. The average molecular weight is 747 g/mol. The fraction of sp³-hybridized carbons (Fsp3) is 0.581. The lowest BCUT2D eigenvalue weighted by atomic mass is 9.91. The minimum atomic E-state index is -1.33. The van der Waals surface area contributed by atoms with Crippen LogP contribution in [0.2, 0.25) is 0 Å². The SMILES string of the molecule is CCCCc1ccc(-c2ccc(C(=O)C[C@@H](CCN)C(=O)N[C@H](C(=O)C[C@@H](C)C(=O)N[C@@H](CCCCN)C(=O)C[C@@H](C)C(=O)C3CC3)[C@@H](C)O)cc2)cc1. The summed E-state index contributed by atoms with van der Waals surface area (Å²) >= 11 is 0. The van der Waals surface area contributed by atoms with Crippen LogP contribution >= 0.6 is 0 Å². The molecule has 3 rings (SSSR count). The van der Waals surface area contributed by atoms with E-state index in [2.05, 4.69) is 41.8 Å². The number of hydrogen-bond donors (Lipinski definition) is 5. The summed E-state index contributed by atoms with van der Waals surface area (Å²) < 4.78 is 0. The second-order valence-corrected chi connectivity index (χ2v) is 15.2. The van der Waals surface area contributed by atoms with Crippen LogP contribution in [0.25, 0.3) is 11.1 Å². The van der Waals surface area contributed by atoms with Crippen LogP contribution in [0.5, 0.6) is 0 Å². The average Bonchev–Trinajstić information content (AvgIpc) is 4.01. The van der Waals surface area contributed by atoms with E-state index in [9.17, 15) is 33.9 Å². The zero-order valence-corrected chi connectivity index (χ0v) is 32.6. The lowest BCUT2D eigenvalue weighted by Crippen LogP contribution is -2.51. The van der Waals surface area contributed by atoms with E-state index in [1.165, 1.54) is 12.5 Å². The summed E-state index contributed by atoms with van der Waals surface area (Å²) in [6, 6.07) is 13.5. The molecule has 1 saturated carbocycles. The van der Waals surface area contributed by atoms with Crippen molar-refractivity contribution in [1.29, 1.82) is 0 Å². The summed E-state index contributed by atoms with van der Waals surface area (Å²) in [7, 11) is 0. The molecule has 1 fully saturated rings. The van der Waals surface area contributed by atoms with Crippen LogP contribution in [0.15, 0.2) is 48.5 Å². The molecule has 0 radical (unpaired) electrons. The second-order valence-electron chi connectivity index (χ2n) is 15.2. The number of Topliss-reactive ketones (excluding diaryl/α,β-unsaturated/α-hetero) is 4. The van der Waals surface area contributed by atoms with Gasteiger partial charge in [-0.1, -0.05) is 75.7 Å². The normalized spacial score (nSPS) is 16.0. The Kier molecular flexibility index (Phi) is 18.4. The van der Waals surface area contributed by atoms with Gasteiger partial charge in [0.2, 0.25) is 11.8 Å². The second kappa shape index (κ2) is 22.4. The van der Waals surface area contributed by atoms with Gasteiger partial charge in [-0.2, -0.15) is 0 Å². The number of hydrogen-bond acceptors (Lipinski definition) is 9. The first-order valence-electron chi connectivity index (χ1n) is 19.8. The molecular weight excluding hydrogens is 684 g/mol. The Balaban J connectivity index is 1.60. The molecule has 0 unspecified atom stereocenters. The minimum absolute atomic E-state index is 0.0256. The topological polar surface area (TPSA) is 199 Å². The van der Waals surface area contributed by atoms with Crippen molar-refractivity contribution in [3.05, 3.63) is 59.7 Å². The van der Waals surface area contributed by atoms with Crippen molar-refractivity contribution < 1.29 is 33.9 Å². The van der Waals surface area contributed by atoms with Gasteiger partial charge in [0.15, 0.2) is 17.3 Å². The van der Waals surface area contributed by atoms with Crippen molar-refractivity contribution in [3.63, 3.8) is 0 Å². The summed E-state index contributed by atoms with van der Waals surface area (Å²) in [4.78, 5) is 79.2. The first-order chi connectivity index (χ1) is 25.8. The van der Waals surface area contributed by atoms with Crippen LogP contribution in [-0.2, 0) is 30.4 Å². The molecular formula is C43H62N4O7.